The predicted molar refractivity (Wildman–Crippen MR) is 140 cm³/mol. The van der Waals surface area contributed by atoms with Gasteiger partial charge in [0.25, 0.3) is 5.91 Å². The highest BCUT2D eigenvalue weighted by Crippen LogP contribution is 2.44. The number of amides is 1. The molecule has 0 saturated carbocycles. The topological polar surface area (TPSA) is 80.0 Å². The molecule has 9 heteroatoms. The van der Waals surface area contributed by atoms with E-state index in [0.29, 0.717) is 43.0 Å². The number of aryl methyl sites for hydroxylation is 1. The minimum atomic E-state index is -0.959. The molecule has 2 heterocycles. The summed E-state index contributed by atoms with van der Waals surface area (Å²) in [6.07, 6.45) is 0. The molecule has 4 aromatic rings. The number of Topliss-reactive ketones (excluding diaryl/α,β-unsaturated/α-hetero) is 1. The molecular weight excluding hydrogens is 525 g/mol. The number of anilines is 1. The van der Waals surface area contributed by atoms with Crippen LogP contribution in [0, 0.1) is 6.92 Å². The SMILES string of the molecule is COc1cc(Cl)cc2cc(C(=O)C3=C(O)C(=O)N(c4ccc(C)c(Cl)c4)C3c3ccc(Cl)cc3)oc12. The van der Waals surface area contributed by atoms with E-state index in [9.17, 15) is 14.7 Å². The molecule has 6 nitrogen and oxygen atoms in total. The van der Waals surface area contributed by atoms with E-state index in [1.54, 1.807) is 54.6 Å². The van der Waals surface area contributed by atoms with Crippen LogP contribution in [0.15, 0.2) is 76.4 Å². The number of ketones is 1. The molecule has 0 fully saturated rings. The number of nitrogens with zero attached hydrogens (tertiary/aromatic N) is 1. The molecule has 0 saturated heterocycles. The lowest BCUT2D eigenvalue weighted by Crippen LogP contribution is -2.31. The Bertz CT molecular complexity index is 1570. The van der Waals surface area contributed by atoms with Crippen molar-refractivity contribution >= 4 is 63.1 Å². The zero-order valence-corrected chi connectivity index (χ0v) is 21.3. The van der Waals surface area contributed by atoms with Gasteiger partial charge in [-0.2, -0.15) is 0 Å². The fourth-order valence-electron chi connectivity index (χ4n) is 4.28. The average molecular weight is 543 g/mol. The first-order valence-electron chi connectivity index (χ1n) is 10.8. The summed E-state index contributed by atoms with van der Waals surface area (Å²) in [6.45, 7) is 1.83. The molecular formula is C27H18Cl3NO5. The lowest BCUT2D eigenvalue weighted by molar-refractivity contribution is -0.117. The lowest BCUT2D eigenvalue weighted by Gasteiger charge is -2.27. The van der Waals surface area contributed by atoms with Gasteiger partial charge in [0, 0.05) is 32.2 Å². The molecule has 1 N–H and O–H groups in total. The van der Waals surface area contributed by atoms with Gasteiger partial charge in [0.15, 0.2) is 22.9 Å². The number of fused-ring (bicyclic) bond motifs is 1. The van der Waals surface area contributed by atoms with Gasteiger partial charge in [0.05, 0.1) is 18.7 Å². The lowest BCUT2D eigenvalue weighted by atomic mass is 9.94. The van der Waals surface area contributed by atoms with E-state index >= 15 is 0 Å². The monoisotopic (exact) mass is 541 g/mol. The van der Waals surface area contributed by atoms with Crippen molar-refractivity contribution in [2.75, 3.05) is 12.0 Å². The van der Waals surface area contributed by atoms with Crippen LogP contribution in [0.5, 0.6) is 5.75 Å². The first kappa shape index (κ1) is 24.3. The van der Waals surface area contributed by atoms with Crippen LogP contribution in [-0.4, -0.2) is 23.9 Å². The Labute approximate surface area is 221 Å². The summed E-state index contributed by atoms with van der Waals surface area (Å²) in [5.74, 6) is -1.81. The number of benzene rings is 3. The van der Waals surface area contributed by atoms with Gasteiger partial charge >= 0.3 is 0 Å². The highest BCUT2D eigenvalue weighted by atomic mass is 35.5. The van der Waals surface area contributed by atoms with Gasteiger partial charge < -0.3 is 14.3 Å². The molecule has 0 spiro atoms. The number of halogens is 3. The Hall–Kier alpha value is -3.45. The minimum Gasteiger partial charge on any atom is -0.503 e. The maximum Gasteiger partial charge on any atom is 0.294 e. The maximum absolute atomic E-state index is 13.8. The summed E-state index contributed by atoms with van der Waals surface area (Å²) < 4.78 is 11.2. The second kappa shape index (κ2) is 9.21. The number of furan rings is 1. The van der Waals surface area contributed by atoms with Crippen molar-refractivity contribution in [3.63, 3.8) is 0 Å². The largest absolute Gasteiger partial charge is 0.503 e. The number of rotatable bonds is 5. The highest BCUT2D eigenvalue weighted by molar-refractivity contribution is 6.32. The number of aliphatic hydroxyl groups excluding tert-OH is 1. The minimum absolute atomic E-state index is 0.0809. The van der Waals surface area contributed by atoms with Crippen molar-refractivity contribution in [2.24, 2.45) is 0 Å². The van der Waals surface area contributed by atoms with Crippen molar-refractivity contribution in [1.29, 1.82) is 0 Å². The third-order valence-electron chi connectivity index (χ3n) is 6.06. The van der Waals surface area contributed by atoms with Gasteiger partial charge in [-0.05, 0) is 54.4 Å². The molecule has 1 aliphatic rings. The Balaban J connectivity index is 1.67. The van der Waals surface area contributed by atoms with Gasteiger partial charge in [-0.15, -0.1) is 0 Å². The van der Waals surface area contributed by atoms with E-state index in [-0.39, 0.29) is 11.3 Å². The molecule has 1 aliphatic heterocycles. The maximum atomic E-state index is 13.8. The van der Waals surface area contributed by atoms with Crippen molar-refractivity contribution in [2.45, 2.75) is 13.0 Å². The second-order valence-electron chi connectivity index (χ2n) is 8.29. The van der Waals surface area contributed by atoms with Gasteiger partial charge in [-0.25, -0.2) is 0 Å². The highest BCUT2D eigenvalue weighted by Gasteiger charge is 2.45. The molecule has 1 aromatic heterocycles. The van der Waals surface area contributed by atoms with Crippen LogP contribution >= 0.6 is 34.8 Å². The van der Waals surface area contributed by atoms with Crippen LogP contribution in [0.25, 0.3) is 11.0 Å². The third-order valence-corrected chi connectivity index (χ3v) is 6.94. The number of ether oxygens (including phenoxy) is 1. The summed E-state index contributed by atoms with van der Waals surface area (Å²) >= 11 is 18.6. The summed E-state index contributed by atoms with van der Waals surface area (Å²) in [5, 5.41) is 12.8. The zero-order valence-electron chi connectivity index (χ0n) is 19.0. The molecule has 3 aromatic carbocycles. The van der Waals surface area contributed by atoms with E-state index in [0.717, 1.165) is 5.56 Å². The first-order chi connectivity index (χ1) is 17.2. The Morgan fingerprint density at radius 3 is 2.39 bits per heavy atom. The van der Waals surface area contributed by atoms with Gasteiger partial charge in [0.2, 0.25) is 5.78 Å². The molecule has 0 aliphatic carbocycles. The quantitative estimate of drug-likeness (QED) is 0.264. The van der Waals surface area contributed by atoms with E-state index < -0.39 is 23.5 Å². The smallest absolute Gasteiger partial charge is 0.294 e. The van der Waals surface area contributed by atoms with Crippen molar-refractivity contribution in [3.8, 4) is 5.75 Å². The number of carbonyl (C=O) groups excluding carboxylic acids is 2. The number of hydrogen-bond donors (Lipinski definition) is 1. The molecule has 0 radical (unpaired) electrons. The predicted octanol–water partition coefficient (Wildman–Crippen LogP) is 7.49. The van der Waals surface area contributed by atoms with Crippen LogP contribution < -0.4 is 9.64 Å². The van der Waals surface area contributed by atoms with Crippen LogP contribution in [0.3, 0.4) is 0 Å². The summed E-state index contributed by atoms with van der Waals surface area (Å²) in [6, 6.07) is 15.5. The van der Waals surface area contributed by atoms with E-state index in [2.05, 4.69) is 0 Å². The normalized spacial score (nSPS) is 15.8. The molecule has 1 amide bonds. The van der Waals surface area contributed by atoms with Crippen LogP contribution in [-0.2, 0) is 4.79 Å². The van der Waals surface area contributed by atoms with Crippen molar-refractivity contribution in [3.05, 3.63) is 104 Å². The van der Waals surface area contributed by atoms with Crippen LogP contribution in [0.2, 0.25) is 15.1 Å². The zero-order chi connectivity index (χ0) is 25.7. The molecule has 1 atom stereocenters. The number of methoxy groups -OCH3 is 1. The van der Waals surface area contributed by atoms with E-state index in [1.807, 2.05) is 6.92 Å². The van der Waals surface area contributed by atoms with Crippen molar-refractivity contribution < 1.29 is 23.8 Å². The Kier molecular flexibility index (Phi) is 6.20. The standard InChI is InChI=1S/C27H18Cl3NO5/c1-13-3-8-18(12-19(13)30)31-23(14-4-6-16(28)7-5-14)22(25(33)27(31)34)24(32)20-10-15-9-17(29)11-21(35-2)26(15)36-20/h3-12,23,33H,1-2H3. The summed E-state index contributed by atoms with van der Waals surface area (Å²) in [4.78, 5) is 28.5. The third kappa shape index (κ3) is 4.01. The first-order valence-corrected chi connectivity index (χ1v) is 11.9. The van der Waals surface area contributed by atoms with Gasteiger partial charge in [0.1, 0.15) is 0 Å². The van der Waals surface area contributed by atoms with Gasteiger partial charge in [-0.1, -0.05) is 53.0 Å². The molecule has 1 unspecified atom stereocenters. The Morgan fingerprint density at radius 1 is 1.00 bits per heavy atom. The number of aliphatic hydroxyl groups is 1. The average Bonchev–Trinajstić information content (AvgIpc) is 3.39. The van der Waals surface area contributed by atoms with Crippen LogP contribution in [0.1, 0.15) is 27.7 Å². The number of hydrogen-bond acceptors (Lipinski definition) is 5. The van der Waals surface area contributed by atoms with E-state index in [1.165, 1.54) is 18.1 Å². The Morgan fingerprint density at radius 2 is 1.72 bits per heavy atom. The molecule has 182 valence electrons. The molecule has 36 heavy (non-hydrogen) atoms. The molecule has 0 bridgehead atoms. The second-order valence-corrected chi connectivity index (χ2v) is 9.57. The van der Waals surface area contributed by atoms with Crippen LogP contribution in [0.4, 0.5) is 5.69 Å². The fourth-order valence-corrected chi connectivity index (χ4v) is 4.80. The van der Waals surface area contributed by atoms with Gasteiger partial charge in [-0.3, -0.25) is 14.5 Å². The molecule has 5 rings (SSSR count). The fraction of sp³-hybridized carbons (Fsp3) is 0.111. The summed E-state index contributed by atoms with van der Waals surface area (Å²) in [7, 11) is 1.46. The van der Waals surface area contributed by atoms with E-state index in [4.69, 9.17) is 44.0 Å². The van der Waals surface area contributed by atoms with Crippen molar-refractivity contribution in [1.82, 2.24) is 0 Å². The number of carbonyl (C=O) groups is 2. The summed E-state index contributed by atoms with van der Waals surface area (Å²) in [5.41, 5.74) is 1.98.